The summed E-state index contributed by atoms with van der Waals surface area (Å²) in [7, 11) is 0. The molecule has 2 nitrogen and oxygen atoms in total. The lowest BCUT2D eigenvalue weighted by atomic mass is 9.90. The van der Waals surface area contributed by atoms with E-state index in [0.29, 0.717) is 6.10 Å². The maximum absolute atomic E-state index is 6.24. The molecule has 1 aromatic rings. The molecule has 0 bridgehead atoms. The van der Waals surface area contributed by atoms with Crippen molar-refractivity contribution in [2.75, 3.05) is 13.1 Å². The van der Waals surface area contributed by atoms with Crippen LogP contribution in [0.15, 0.2) is 42.0 Å². The minimum absolute atomic E-state index is 0.395. The van der Waals surface area contributed by atoms with Crippen molar-refractivity contribution in [3.05, 3.63) is 47.6 Å². The molecule has 2 fully saturated rings. The molecule has 2 heteroatoms. The van der Waals surface area contributed by atoms with Gasteiger partial charge in [0.05, 0.1) is 0 Å². The van der Waals surface area contributed by atoms with E-state index < -0.39 is 0 Å². The number of piperidine rings is 1. The number of nitrogens with zero attached hydrogens (tertiary/aromatic N) is 1. The second-order valence-electron chi connectivity index (χ2n) is 7.65. The molecule has 0 unspecified atom stereocenters. The van der Waals surface area contributed by atoms with Crippen molar-refractivity contribution in [2.45, 2.75) is 64.0 Å². The number of ether oxygens (including phenoxy) is 1. The second kappa shape index (κ2) is 7.14. The number of likely N-dealkylation sites (tertiary alicyclic amines) is 1. The number of hydrogen-bond donors (Lipinski definition) is 0. The first kappa shape index (κ1) is 16.0. The maximum Gasteiger partial charge on any atom is 0.119 e. The Morgan fingerprint density at radius 2 is 1.67 bits per heavy atom. The van der Waals surface area contributed by atoms with E-state index in [2.05, 4.69) is 48.2 Å². The van der Waals surface area contributed by atoms with E-state index in [0.717, 1.165) is 24.6 Å². The van der Waals surface area contributed by atoms with Gasteiger partial charge in [0.2, 0.25) is 0 Å². The van der Waals surface area contributed by atoms with E-state index in [1.165, 1.54) is 61.9 Å². The average Bonchev–Trinajstić information content (AvgIpc) is 2.57. The summed E-state index contributed by atoms with van der Waals surface area (Å²) in [5.74, 6) is 1.03. The summed E-state index contributed by atoms with van der Waals surface area (Å²) in [6.45, 7) is 4.64. The lowest BCUT2D eigenvalue weighted by Gasteiger charge is -2.41. The molecule has 3 aliphatic rings. The molecule has 0 atom stereocenters. The minimum atomic E-state index is 0.395. The first-order chi connectivity index (χ1) is 11.8. The van der Waals surface area contributed by atoms with Crippen molar-refractivity contribution in [1.29, 1.82) is 0 Å². The number of hydrogen-bond acceptors (Lipinski definition) is 2. The van der Waals surface area contributed by atoms with Gasteiger partial charge in [-0.3, -0.25) is 0 Å². The van der Waals surface area contributed by atoms with Crippen LogP contribution in [0.1, 0.15) is 57.4 Å². The van der Waals surface area contributed by atoms with Crippen LogP contribution >= 0.6 is 0 Å². The molecule has 1 aliphatic heterocycles. The van der Waals surface area contributed by atoms with Gasteiger partial charge in [-0.15, -0.1) is 0 Å². The van der Waals surface area contributed by atoms with E-state index in [9.17, 15) is 0 Å². The quantitative estimate of drug-likeness (QED) is 0.706. The van der Waals surface area contributed by atoms with Gasteiger partial charge in [-0.25, -0.2) is 0 Å². The van der Waals surface area contributed by atoms with Crippen LogP contribution in [0, 0.1) is 0 Å². The van der Waals surface area contributed by atoms with Gasteiger partial charge in [0, 0.05) is 19.1 Å². The zero-order valence-electron chi connectivity index (χ0n) is 14.8. The first-order valence-corrected chi connectivity index (χ1v) is 9.64. The van der Waals surface area contributed by atoms with E-state index in [1.807, 2.05) is 0 Å². The van der Waals surface area contributed by atoms with Crippen molar-refractivity contribution in [3.63, 3.8) is 0 Å². The highest BCUT2D eigenvalue weighted by Crippen LogP contribution is 2.30. The smallest absolute Gasteiger partial charge is 0.119 e. The standard InChI is InChI=1S/C22H29NO/c1-17-5-7-18(8-6-17)19-9-11-21(12-10-19)24-22-13-15-23(16-14-22)20-3-2-4-20/h5,8-12,20,22H,2-4,6-7,13-16H2,1H3. The second-order valence-corrected chi connectivity index (χ2v) is 7.65. The molecule has 1 heterocycles. The number of allylic oxidation sites excluding steroid dienone is 4. The molecule has 0 spiro atoms. The Morgan fingerprint density at radius 3 is 2.25 bits per heavy atom. The molecule has 24 heavy (non-hydrogen) atoms. The summed E-state index contributed by atoms with van der Waals surface area (Å²) >= 11 is 0. The SMILES string of the molecule is CC1=CCC(c2ccc(OC3CCN(C4CCC4)CC3)cc2)=CC1. The molecule has 0 amide bonds. The van der Waals surface area contributed by atoms with Crippen LogP contribution in [-0.4, -0.2) is 30.1 Å². The van der Waals surface area contributed by atoms with E-state index >= 15 is 0 Å². The van der Waals surface area contributed by atoms with E-state index in [1.54, 1.807) is 0 Å². The zero-order valence-corrected chi connectivity index (χ0v) is 14.8. The van der Waals surface area contributed by atoms with Gasteiger partial charge < -0.3 is 9.64 Å². The predicted octanol–water partition coefficient (Wildman–Crippen LogP) is 5.21. The Bertz CT molecular complexity index is 616. The molecule has 2 aliphatic carbocycles. The Balaban J connectivity index is 1.30. The largest absolute Gasteiger partial charge is 0.490 e. The highest BCUT2D eigenvalue weighted by atomic mass is 16.5. The highest BCUT2D eigenvalue weighted by molar-refractivity contribution is 5.68. The van der Waals surface area contributed by atoms with Crippen molar-refractivity contribution >= 4 is 5.57 Å². The molecule has 0 radical (unpaired) electrons. The topological polar surface area (TPSA) is 12.5 Å². The Hall–Kier alpha value is -1.54. The third-order valence-electron chi connectivity index (χ3n) is 5.94. The normalized spacial score (nSPS) is 23.4. The molecule has 0 N–H and O–H groups in total. The number of benzene rings is 1. The fraction of sp³-hybridized carbons (Fsp3) is 0.545. The third kappa shape index (κ3) is 3.59. The van der Waals surface area contributed by atoms with Crippen LogP contribution in [0.3, 0.4) is 0 Å². The fourth-order valence-corrected chi connectivity index (χ4v) is 4.02. The maximum atomic E-state index is 6.24. The molecule has 0 aromatic heterocycles. The monoisotopic (exact) mass is 323 g/mol. The Labute approximate surface area is 146 Å². The van der Waals surface area contributed by atoms with Gasteiger partial charge in [-0.05, 0) is 68.7 Å². The van der Waals surface area contributed by atoms with Crippen LogP contribution in [-0.2, 0) is 0 Å². The molecule has 1 saturated carbocycles. The first-order valence-electron chi connectivity index (χ1n) is 9.64. The van der Waals surface area contributed by atoms with Crippen LogP contribution in [0.5, 0.6) is 5.75 Å². The summed E-state index contributed by atoms with van der Waals surface area (Å²) in [6, 6.07) is 9.63. The fourth-order valence-electron chi connectivity index (χ4n) is 4.02. The van der Waals surface area contributed by atoms with Crippen LogP contribution in [0.2, 0.25) is 0 Å². The Kier molecular flexibility index (Phi) is 4.75. The van der Waals surface area contributed by atoms with Gasteiger partial charge in [-0.2, -0.15) is 0 Å². The molecular formula is C22H29NO. The van der Waals surface area contributed by atoms with E-state index in [-0.39, 0.29) is 0 Å². The summed E-state index contributed by atoms with van der Waals surface area (Å²) in [5.41, 5.74) is 4.26. The zero-order chi connectivity index (χ0) is 16.4. The molecule has 4 rings (SSSR count). The van der Waals surface area contributed by atoms with Crippen LogP contribution in [0.25, 0.3) is 5.57 Å². The summed E-state index contributed by atoms with van der Waals surface area (Å²) < 4.78 is 6.24. The van der Waals surface area contributed by atoms with Gasteiger partial charge in [0.1, 0.15) is 11.9 Å². The summed E-state index contributed by atoms with van der Waals surface area (Å²) in [6.07, 6.45) is 13.9. The van der Waals surface area contributed by atoms with Gasteiger partial charge in [0.15, 0.2) is 0 Å². The number of rotatable bonds is 4. The summed E-state index contributed by atoms with van der Waals surface area (Å²) in [5, 5.41) is 0. The molecule has 128 valence electrons. The average molecular weight is 323 g/mol. The minimum Gasteiger partial charge on any atom is -0.490 e. The summed E-state index contributed by atoms with van der Waals surface area (Å²) in [4.78, 5) is 2.68. The van der Waals surface area contributed by atoms with Crippen LogP contribution < -0.4 is 4.74 Å². The predicted molar refractivity (Wildman–Crippen MR) is 100 cm³/mol. The Morgan fingerprint density at radius 1 is 0.917 bits per heavy atom. The van der Waals surface area contributed by atoms with Crippen molar-refractivity contribution in [3.8, 4) is 5.75 Å². The third-order valence-corrected chi connectivity index (χ3v) is 5.94. The van der Waals surface area contributed by atoms with Crippen molar-refractivity contribution < 1.29 is 4.74 Å². The van der Waals surface area contributed by atoms with Crippen molar-refractivity contribution in [2.24, 2.45) is 0 Å². The molecule has 1 saturated heterocycles. The van der Waals surface area contributed by atoms with E-state index in [4.69, 9.17) is 4.74 Å². The molecule has 1 aromatic carbocycles. The van der Waals surface area contributed by atoms with Crippen molar-refractivity contribution in [1.82, 2.24) is 4.90 Å². The lowest BCUT2D eigenvalue weighted by molar-refractivity contribution is 0.0493. The van der Waals surface area contributed by atoms with Crippen LogP contribution in [0.4, 0.5) is 0 Å². The van der Waals surface area contributed by atoms with Gasteiger partial charge in [-0.1, -0.05) is 36.3 Å². The molecular weight excluding hydrogens is 294 g/mol. The van der Waals surface area contributed by atoms with Gasteiger partial charge >= 0.3 is 0 Å². The lowest BCUT2D eigenvalue weighted by Crippen LogP contribution is -2.46. The highest BCUT2D eigenvalue weighted by Gasteiger charge is 2.29. The van der Waals surface area contributed by atoms with Gasteiger partial charge in [0.25, 0.3) is 0 Å².